The quantitative estimate of drug-likeness (QED) is 0.630. The summed E-state index contributed by atoms with van der Waals surface area (Å²) in [7, 11) is 0. The van der Waals surface area contributed by atoms with Crippen LogP contribution in [0.15, 0.2) is 0 Å². The smallest absolute Gasteiger partial charge is 0.0644 e. The molecular formula is C10H20O2. The van der Waals surface area contributed by atoms with Crippen LogP contribution < -0.4 is 0 Å². The maximum absolute atomic E-state index is 9.71. The van der Waals surface area contributed by atoms with Gasteiger partial charge < -0.3 is 10.2 Å². The number of rotatable bonds is 1. The highest BCUT2D eigenvalue weighted by atomic mass is 16.3. The molecule has 1 fully saturated rings. The van der Waals surface area contributed by atoms with Gasteiger partial charge in [0.25, 0.3) is 0 Å². The molecule has 0 aliphatic heterocycles. The molecule has 1 rings (SSSR count). The van der Waals surface area contributed by atoms with Crippen molar-refractivity contribution in [1.82, 2.24) is 0 Å². The van der Waals surface area contributed by atoms with E-state index in [9.17, 15) is 10.2 Å². The SMILES string of the molecule is CC(C)[C@@H]1CC[C@](C)(O)C[C@H]1O. The lowest BCUT2D eigenvalue weighted by Gasteiger charge is -2.38. The fourth-order valence-corrected chi connectivity index (χ4v) is 2.15. The van der Waals surface area contributed by atoms with Gasteiger partial charge in [0, 0.05) is 6.42 Å². The van der Waals surface area contributed by atoms with Crippen molar-refractivity contribution in [3.63, 3.8) is 0 Å². The predicted octanol–water partition coefficient (Wildman–Crippen LogP) is 1.55. The highest BCUT2D eigenvalue weighted by Crippen LogP contribution is 2.35. The summed E-state index contributed by atoms with van der Waals surface area (Å²) in [4.78, 5) is 0. The van der Waals surface area contributed by atoms with Crippen LogP contribution in [-0.2, 0) is 0 Å². The van der Waals surface area contributed by atoms with Gasteiger partial charge in [-0.2, -0.15) is 0 Å². The summed E-state index contributed by atoms with van der Waals surface area (Å²) in [6.45, 7) is 6.08. The molecule has 2 nitrogen and oxygen atoms in total. The molecule has 0 spiro atoms. The Kier molecular flexibility index (Phi) is 2.79. The highest BCUT2D eigenvalue weighted by molar-refractivity contribution is 4.88. The lowest BCUT2D eigenvalue weighted by atomic mass is 9.73. The van der Waals surface area contributed by atoms with Crippen LogP contribution in [0.25, 0.3) is 0 Å². The second-order valence-corrected chi connectivity index (χ2v) is 4.71. The lowest BCUT2D eigenvalue weighted by molar-refractivity contribution is -0.0683. The topological polar surface area (TPSA) is 40.5 Å². The number of hydrogen-bond acceptors (Lipinski definition) is 2. The van der Waals surface area contributed by atoms with E-state index in [-0.39, 0.29) is 6.10 Å². The fraction of sp³-hybridized carbons (Fsp3) is 1.00. The molecule has 0 radical (unpaired) electrons. The molecule has 72 valence electrons. The minimum Gasteiger partial charge on any atom is -0.393 e. The summed E-state index contributed by atoms with van der Waals surface area (Å²) >= 11 is 0. The molecule has 2 N–H and O–H groups in total. The molecule has 12 heavy (non-hydrogen) atoms. The van der Waals surface area contributed by atoms with Gasteiger partial charge in [-0.3, -0.25) is 0 Å². The average molecular weight is 172 g/mol. The Labute approximate surface area is 74.6 Å². The largest absolute Gasteiger partial charge is 0.393 e. The molecule has 0 aromatic carbocycles. The second kappa shape index (κ2) is 3.35. The van der Waals surface area contributed by atoms with Crippen LogP contribution >= 0.6 is 0 Å². The maximum Gasteiger partial charge on any atom is 0.0644 e. The molecule has 0 saturated heterocycles. The normalized spacial score (nSPS) is 43.5. The van der Waals surface area contributed by atoms with E-state index in [0.717, 1.165) is 12.8 Å². The van der Waals surface area contributed by atoms with Gasteiger partial charge in [-0.15, -0.1) is 0 Å². The third-order valence-electron chi connectivity index (χ3n) is 3.02. The zero-order valence-electron chi connectivity index (χ0n) is 8.25. The summed E-state index contributed by atoms with van der Waals surface area (Å²) in [6.07, 6.45) is 2.00. The first-order valence-electron chi connectivity index (χ1n) is 4.83. The Morgan fingerprint density at radius 1 is 1.42 bits per heavy atom. The molecule has 3 atom stereocenters. The van der Waals surface area contributed by atoms with Crippen molar-refractivity contribution in [2.24, 2.45) is 11.8 Å². The second-order valence-electron chi connectivity index (χ2n) is 4.71. The molecule has 1 aliphatic rings. The van der Waals surface area contributed by atoms with Crippen LogP contribution in [0.2, 0.25) is 0 Å². The first-order valence-corrected chi connectivity index (χ1v) is 4.83. The first kappa shape index (κ1) is 10.0. The van der Waals surface area contributed by atoms with E-state index in [0.29, 0.717) is 18.3 Å². The van der Waals surface area contributed by atoms with Crippen LogP contribution in [0.5, 0.6) is 0 Å². The minimum atomic E-state index is -0.634. The summed E-state index contributed by atoms with van der Waals surface area (Å²) in [5, 5.41) is 19.4. The summed E-state index contributed by atoms with van der Waals surface area (Å²) in [5.74, 6) is 0.904. The third-order valence-corrected chi connectivity index (χ3v) is 3.02. The summed E-state index contributed by atoms with van der Waals surface area (Å²) in [5.41, 5.74) is -0.634. The Morgan fingerprint density at radius 2 is 2.00 bits per heavy atom. The van der Waals surface area contributed by atoms with Crippen molar-refractivity contribution >= 4 is 0 Å². The van der Waals surface area contributed by atoms with E-state index in [4.69, 9.17) is 0 Å². The maximum atomic E-state index is 9.71. The Morgan fingerprint density at radius 3 is 2.42 bits per heavy atom. The Bertz CT molecular complexity index is 152. The van der Waals surface area contributed by atoms with Gasteiger partial charge in [0.1, 0.15) is 0 Å². The van der Waals surface area contributed by atoms with E-state index in [1.807, 2.05) is 6.92 Å². The van der Waals surface area contributed by atoms with Crippen LogP contribution in [-0.4, -0.2) is 21.9 Å². The standard InChI is InChI=1S/C10H20O2/c1-7(2)8-4-5-10(3,12)6-9(8)11/h7-9,11-12H,4-6H2,1-3H3/t8-,9+,10-/m0/s1. The van der Waals surface area contributed by atoms with Crippen LogP contribution in [0.1, 0.15) is 40.0 Å². The van der Waals surface area contributed by atoms with E-state index < -0.39 is 5.60 Å². The molecule has 0 aromatic rings. The first-order chi connectivity index (χ1) is 5.42. The van der Waals surface area contributed by atoms with Crippen LogP contribution in [0, 0.1) is 11.8 Å². The molecule has 2 heteroatoms. The molecule has 1 aliphatic carbocycles. The Hall–Kier alpha value is -0.0800. The molecular weight excluding hydrogens is 152 g/mol. The number of aliphatic hydroxyl groups is 2. The summed E-state index contributed by atoms with van der Waals surface area (Å²) < 4.78 is 0. The summed E-state index contributed by atoms with van der Waals surface area (Å²) in [6, 6.07) is 0. The Balaban J connectivity index is 2.54. The molecule has 0 bridgehead atoms. The van der Waals surface area contributed by atoms with Crippen LogP contribution in [0.3, 0.4) is 0 Å². The zero-order valence-corrected chi connectivity index (χ0v) is 8.25. The zero-order chi connectivity index (χ0) is 9.35. The number of hydrogen-bond donors (Lipinski definition) is 2. The molecule has 1 saturated carbocycles. The van der Waals surface area contributed by atoms with E-state index in [2.05, 4.69) is 13.8 Å². The fourth-order valence-electron chi connectivity index (χ4n) is 2.15. The van der Waals surface area contributed by atoms with Crippen molar-refractivity contribution in [3.8, 4) is 0 Å². The average Bonchev–Trinajstić information content (AvgIpc) is 1.83. The monoisotopic (exact) mass is 172 g/mol. The van der Waals surface area contributed by atoms with E-state index in [1.54, 1.807) is 0 Å². The van der Waals surface area contributed by atoms with Gasteiger partial charge in [-0.05, 0) is 31.6 Å². The van der Waals surface area contributed by atoms with Gasteiger partial charge in [-0.25, -0.2) is 0 Å². The molecule has 0 heterocycles. The van der Waals surface area contributed by atoms with Gasteiger partial charge >= 0.3 is 0 Å². The van der Waals surface area contributed by atoms with E-state index >= 15 is 0 Å². The van der Waals surface area contributed by atoms with Crippen molar-refractivity contribution in [2.45, 2.75) is 51.7 Å². The van der Waals surface area contributed by atoms with Crippen molar-refractivity contribution in [1.29, 1.82) is 0 Å². The van der Waals surface area contributed by atoms with Crippen molar-refractivity contribution in [2.75, 3.05) is 0 Å². The van der Waals surface area contributed by atoms with Gasteiger partial charge in [-0.1, -0.05) is 13.8 Å². The molecule has 0 unspecified atom stereocenters. The predicted molar refractivity (Wildman–Crippen MR) is 48.8 cm³/mol. The highest BCUT2D eigenvalue weighted by Gasteiger charge is 2.36. The third kappa shape index (κ3) is 2.20. The molecule has 0 amide bonds. The van der Waals surface area contributed by atoms with Gasteiger partial charge in [0.05, 0.1) is 11.7 Å². The van der Waals surface area contributed by atoms with Crippen LogP contribution in [0.4, 0.5) is 0 Å². The van der Waals surface area contributed by atoms with Crippen molar-refractivity contribution in [3.05, 3.63) is 0 Å². The van der Waals surface area contributed by atoms with Crippen molar-refractivity contribution < 1.29 is 10.2 Å². The van der Waals surface area contributed by atoms with Gasteiger partial charge in [0.2, 0.25) is 0 Å². The number of aliphatic hydroxyl groups excluding tert-OH is 1. The molecule has 0 aromatic heterocycles. The minimum absolute atomic E-state index is 0.311. The van der Waals surface area contributed by atoms with Gasteiger partial charge in [0.15, 0.2) is 0 Å². The lowest BCUT2D eigenvalue weighted by Crippen LogP contribution is -2.41. The van der Waals surface area contributed by atoms with E-state index in [1.165, 1.54) is 0 Å².